The van der Waals surface area contributed by atoms with Crippen LogP contribution >= 0.6 is 0 Å². The molecule has 0 aliphatic carbocycles. The average Bonchev–Trinajstić information content (AvgIpc) is 3.17. The number of carbonyl (C=O) groups is 1. The van der Waals surface area contributed by atoms with Crippen LogP contribution in [0.25, 0.3) is 22.4 Å². The zero-order valence-corrected chi connectivity index (χ0v) is 15.4. The number of nitro benzene ring substituents is 1. The van der Waals surface area contributed by atoms with E-state index in [2.05, 4.69) is 15.3 Å². The van der Waals surface area contributed by atoms with Gasteiger partial charge in [0.05, 0.1) is 28.6 Å². The smallest absolute Gasteiger partial charge is 0.269 e. The highest BCUT2D eigenvalue weighted by Crippen LogP contribution is 2.29. The monoisotopic (exact) mass is 388 g/mol. The van der Waals surface area contributed by atoms with Crippen molar-refractivity contribution < 1.29 is 14.5 Å². The number of aromatic amines is 1. The van der Waals surface area contributed by atoms with Crippen molar-refractivity contribution in [3.05, 3.63) is 82.4 Å². The fraction of sp³-hybridized carbons (Fsp3) is 0.0476. The molecule has 4 rings (SSSR count). The van der Waals surface area contributed by atoms with Gasteiger partial charge in [-0.2, -0.15) is 0 Å². The molecule has 29 heavy (non-hydrogen) atoms. The van der Waals surface area contributed by atoms with Crippen molar-refractivity contribution in [3.8, 4) is 17.1 Å². The summed E-state index contributed by atoms with van der Waals surface area (Å²) in [6.07, 6.45) is 0. The number of aromatic nitrogens is 2. The molecule has 8 nitrogen and oxygen atoms in total. The van der Waals surface area contributed by atoms with Crippen molar-refractivity contribution >= 4 is 28.3 Å². The number of fused-ring (bicyclic) bond motifs is 1. The summed E-state index contributed by atoms with van der Waals surface area (Å²) < 4.78 is 5.39. The molecule has 0 fully saturated rings. The SMILES string of the molecule is COc1ccccc1-c1nc2ccc(NC(=O)c3ccc([N+](=O)[O-])cc3)cc2[nH]1. The first kappa shape index (κ1) is 18.2. The van der Waals surface area contributed by atoms with Crippen LogP contribution in [0, 0.1) is 10.1 Å². The minimum atomic E-state index is -0.507. The first-order valence-electron chi connectivity index (χ1n) is 8.74. The molecule has 0 bridgehead atoms. The number of methoxy groups -OCH3 is 1. The summed E-state index contributed by atoms with van der Waals surface area (Å²) in [5.41, 5.74) is 3.18. The zero-order valence-electron chi connectivity index (χ0n) is 15.4. The third kappa shape index (κ3) is 3.63. The molecule has 2 N–H and O–H groups in total. The van der Waals surface area contributed by atoms with Crippen molar-refractivity contribution in [2.24, 2.45) is 0 Å². The van der Waals surface area contributed by atoms with Gasteiger partial charge in [-0.1, -0.05) is 12.1 Å². The Kier molecular flexibility index (Phi) is 4.66. The predicted molar refractivity (Wildman–Crippen MR) is 109 cm³/mol. The van der Waals surface area contributed by atoms with Crippen molar-refractivity contribution in [2.45, 2.75) is 0 Å². The Morgan fingerprint density at radius 1 is 1.10 bits per heavy atom. The van der Waals surface area contributed by atoms with Gasteiger partial charge in [0.15, 0.2) is 0 Å². The lowest BCUT2D eigenvalue weighted by atomic mass is 10.2. The van der Waals surface area contributed by atoms with Gasteiger partial charge in [-0.25, -0.2) is 4.98 Å². The lowest BCUT2D eigenvalue weighted by Crippen LogP contribution is -2.11. The third-order valence-corrected chi connectivity index (χ3v) is 4.44. The summed E-state index contributed by atoms with van der Waals surface area (Å²) in [5.74, 6) is 1.01. The number of anilines is 1. The molecule has 0 aliphatic heterocycles. The van der Waals surface area contributed by atoms with Gasteiger partial charge >= 0.3 is 0 Å². The molecule has 8 heteroatoms. The maximum absolute atomic E-state index is 12.4. The van der Waals surface area contributed by atoms with Gasteiger partial charge in [0.2, 0.25) is 0 Å². The van der Waals surface area contributed by atoms with Gasteiger partial charge in [-0.3, -0.25) is 14.9 Å². The van der Waals surface area contributed by atoms with Gasteiger partial charge in [0.25, 0.3) is 11.6 Å². The number of rotatable bonds is 5. The summed E-state index contributed by atoms with van der Waals surface area (Å²) in [5, 5.41) is 13.5. The van der Waals surface area contributed by atoms with E-state index in [1.54, 1.807) is 25.3 Å². The fourth-order valence-electron chi connectivity index (χ4n) is 2.99. The molecule has 0 radical (unpaired) electrons. The van der Waals surface area contributed by atoms with E-state index in [4.69, 9.17) is 4.74 Å². The first-order valence-corrected chi connectivity index (χ1v) is 8.74. The molecular formula is C21H16N4O4. The largest absolute Gasteiger partial charge is 0.496 e. The molecule has 3 aromatic carbocycles. The number of hydrogen-bond acceptors (Lipinski definition) is 5. The third-order valence-electron chi connectivity index (χ3n) is 4.44. The van der Waals surface area contributed by atoms with E-state index in [0.29, 0.717) is 22.8 Å². The fourth-order valence-corrected chi connectivity index (χ4v) is 2.99. The summed E-state index contributed by atoms with van der Waals surface area (Å²) in [6.45, 7) is 0. The minimum absolute atomic E-state index is 0.0655. The summed E-state index contributed by atoms with van der Waals surface area (Å²) in [6, 6.07) is 18.3. The van der Waals surface area contributed by atoms with E-state index in [1.165, 1.54) is 24.3 Å². The number of hydrogen-bond donors (Lipinski definition) is 2. The predicted octanol–water partition coefficient (Wildman–Crippen LogP) is 4.40. The number of ether oxygens (including phenoxy) is 1. The van der Waals surface area contributed by atoms with E-state index in [1.807, 2.05) is 24.3 Å². The summed E-state index contributed by atoms with van der Waals surface area (Å²) >= 11 is 0. The Balaban J connectivity index is 1.59. The topological polar surface area (TPSA) is 110 Å². The van der Waals surface area contributed by atoms with Gasteiger partial charge in [0, 0.05) is 23.4 Å². The maximum Gasteiger partial charge on any atom is 0.269 e. The standard InChI is InChI=1S/C21H16N4O4/c1-29-19-5-3-2-4-16(19)20-23-17-11-8-14(12-18(17)24-20)22-21(26)13-6-9-15(10-7-13)25(27)28/h2-12H,1H3,(H,22,26)(H,23,24). The molecule has 0 unspecified atom stereocenters. The van der Waals surface area contributed by atoms with Crippen LogP contribution in [-0.2, 0) is 0 Å². The number of imidazole rings is 1. The Hall–Kier alpha value is -4.20. The molecule has 0 saturated heterocycles. The lowest BCUT2D eigenvalue weighted by Gasteiger charge is -2.05. The maximum atomic E-state index is 12.4. The van der Waals surface area contributed by atoms with Gasteiger partial charge in [-0.05, 0) is 42.5 Å². The van der Waals surface area contributed by atoms with Gasteiger partial charge in [-0.15, -0.1) is 0 Å². The van der Waals surface area contributed by atoms with Crippen LogP contribution < -0.4 is 10.1 Å². The number of para-hydroxylation sites is 1. The molecule has 0 atom stereocenters. The number of amides is 1. The molecule has 4 aromatic rings. The molecule has 1 heterocycles. The number of carbonyl (C=O) groups excluding carboxylic acids is 1. The van der Waals surface area contributed by atoms with Crippen molar-refractivity contribution in [1.29, 1.82) is 0 Å². The van der Waals surface area contributed by atoms with Crippen LogP contribution in [0.2, 0.25) is 0 Å². The number of non-ortho nitro benzene ring substituents is 1. The van der Waals surface area contributed by atoms with Gasteiger partial charge < -0.3 is 15.0 Å². The van der Waals surface area contributed by atoms with Crippen molar-refractivity contribution in [3.63, 3.8) is 0 Å². The molecule has 0 aliphatic rings. The second-order valence-electron chi connectivity index (χ2n) is 6.28. The number of nitrogens with one attached hydrogen (secondary N) is 2. The first-order chi connectivity index (χ1) is 14.0. The van der Waals surface area contributed by atoms with Crippen LogP contribution in [-0.4, -0.2) is 27.9 Å². The highest BCUT2D eigenvalue weighted by Gasteiger charge is 2.12. The van der Waals surface area contributed by atoms with E-state index >= 15 is 0 Å². The number of nitrogens with zero attached hydrogens (tertiary/aromatic N) is 2. The molecule has 1 amide bonds. The molecule has 0 spiro atoms. The van der Waals surface area contributed by atoms with Crippen LogP contribution in [0.3, 0.4) is 0 Å². The van der Waals surface area contributed by atoms with Gasteiger partial charge in [0.1, 0.15) is 11.6 Å². The Morgan fingerprint density at radius 3 is 2.59 bits per heavy atom. The van der Waals surface area contributed by atoms with Crippen molar-refractivity contribution in [2.75, 3.05) is 12.4 Å². The summed E-state index contributed by atoms with van der Waals surface area (Å²) in [4.78, 5) is 30.5. The highest BCUT2D eigenvalue weighted by atomic mass is 16.6. The number of nitro groups is 1. The second kappa shape index (κ2) is 7.43. The minimum Gasteiger partial charge on any atom is -0.496 e. The van der Waals surface area contributed by atoms with Crippen LogP contribution in [0.4, 0.5) is 11.4 Å². The normalized spacial score (nSPS) is 10.7. The molecule has 0 saturated carbocycles. The number of benzene rings is 3. The highest BCUT2D eigenvalue weighted by molar-refractivity contribution is 6.05. The molecular weight excluding hydrogens is 372 g/mol. The quantitative estimate of drug-likeness (QED) is 0.389. The molecule has 1 aromatic heterocycles. The van der Waals surface area contributed by atoms with Crippen molar-refractivity contribution in [1.82, 2.24) is 9.97 Å². The zero-order chi connectivity index (χ0) is 20.4. The Morgan fingerprint density at radius 2 is 1.86 bits per heavy atom. The Labute approximate surface area is 165 Å². The average molecular weight is 388 g/mol. The van der Waals surface area contributed by atoms with Crippen LogP contribution in [0.15, 0.2) is 66.7 Å². The lowest BCUT2D eigenvalue weighted by molar-refractivity contribution is -0.384. The molecule has 144 valence electrons. The number of H-pyrrole nitrogens is 1. The Bertz CT molecular complexity index is 1220. The second-order valence-corrected chi connectivity index (χ2v) is 6.28. The van der Waals surface area contributed by atoms with Crippen LogP contribution in [0.1, 0.15) is 10.4 Å². The van der Waals surface area contributed by atoms with E-state index in [-0.39, 0.29) is 11.6 Å². The van der Waals surface area contributed by atoms with Crippen LogP contribution in [0.5, 0.6) is 5.75 Å². The van der Waals surface area contributed by atoms with E-state index < -0.39 is 4.92 Å². The van der Waals surface area contributed by atoms with E-state index in [0.717, 1.165) is 16.6 Å². The summed E-state index contributed by atoms with van der Waals surface area (Å²) in [7, 11) is 1.60. The van der Waals surface area contributed by atoms with E-state index in [9.17, 15) is 14.9 Å².